The van der Waals surface area contributed by atoms with Crippen LogP contribution in [0.15, 0.2) is 0 Å². The Bertz CT molecular complexity index is 211. The van der Waals surface area contributed by atoms with E-state index in [-0.39, 0.29) is 6.42 Å². The third kappa shape index (κ3) is 17.3. The molecular formula is C13H26O7. The first-order valence-corrected chi connectivity index (χ1v) is 6.79. The van der Waals surface area contributed by atoms with Crippen LogP contribution in [0.25, 0.3) is 0 Å². The molecule has 0 unspecified atom stereocenters. The lowest BCUT2D eigenvalue weighted by Crippen LogP contribution is -2.13. The highest BCUT2D eigenvalue weighted by Gasteiger charge is 1.96. The van der Waals surface area contributed by atoms with E-state index in [0.29, 0.717) is 65.9 Å². The van der Waals surface area contributed by atoms with Crippen LogP contribution in [0.5, 0.6) is 0 Å². The molecule has 0 atom stereocenters. The van der Waals surface area contributed by atoms with E-state index in [1.165, 1.54) is 0 Å². The molecule has 0 aliphatic heterocycles. The Labute approximate surface area is 120 Å². The molecule has 0 aromatic rings. The van der Waals surface area contributed by atoms with Gasteiger partial charge in [-0.3, -0.25) is 4.79 Å². The number of rotatable bonds is 16. The Hall–Kier alpha value is -0.730. The van der Waals surface area contributed by atoms with Crippen LogP contribution in [0.2, 0.25) is 0 Å². The lowest BCUT2D eigenvalue weighted by Gasteiger charge is -2.07. The fourth-order valence-corrected chi connectivity index (χ4v) is 1.23. The second kappa shape index (κ2) is 16.3. The minimum absolute atomic E-state index is 0.140. The average molecular weight is 294 g/mol. The van der Waals surface area contributed by atoms with Crippen molar-refractivity contribution in [2.24, 2.45) is 0 Å². The van der Waals surface area contributed by atoms with Gasteiger partial charge in [0.15, 0.2) is 0 Å². The van der Waals surface area contributed by atoms with Gasteiger partial charge in [-0.05, 0) is 6.42 Å². The molecule has 0 aliphatic carbocycles. The molecule has 0 rings (SSSR count). The Morgan fingerprint density at radius 1 is 0.750 bits per heavy atom. The molecule has 0 aromatic carbocycles. The summed E-state index contributed by atoms with van der Waals surface area (Å²) in [4.78, 5) is 10.2. The second-order valence-electron chi connectivity index (χ2n) is 3.94. The summed E-state index contributed by atoms with van der Waals surface area (Å²) < 4.78 is 25.8. The molecule has 0 fully saturated rings. The third-order valence-electron chi connectivity index (χ3n) is 2.23. The van der Waals surface area contributed by atoms with E-state index in [4.69, 9.17) is 28.8 Å². The van der Waals surface area contributed by atoms with Crippen LogP contribution >= 0.6 is 0 Å². The Morgan fingerprint density at radius 2 is 1.15 bits per heavy atom. The van der Waals surface area contributed by atoms with E-state index >= 15 is 0 Å². The van der Waals surface area contributed by atoms with Crippen molar-refractivity contribution in [2.75, 3.05) is 66.6 Å². The monoisotopic (exact) mass is 294 g/mol. The highest BCUT2D eigenvalue weighted by molar-refractivity contribution is 5.66. The van der Waals surface area contributed by atoms with Crippen molar-refractivity contribution in [1.29, 1.82) is 0 Å². The summed E-state index contributed by atoms with van der Waals surface area (Å²) in [6.07, 6.45) is 0.669. The number of hydrogen-bond donors (Lipinski definition) is 1. The van der Waals surface area contributed by atoms with Gasteiger partial charge >= 0.3 is 5.97 Å². The molecule has 7 nitrogen and oxygen atoms in total. The fourth-order valence-electron chi connectivity index (χ4n) is 1.23. The second-order valence-corrected chi connectivity index (χ2v) is 3.94. The first-order chi connectivity index (χ1) is 9.77. The fraction of sp³-hybridized carbons (Fsp3) is 0.923. The molecule has 20 heavy (non-hydrogen) atoms. The number of ether oxygens (including phenoxy) is 5. The normalized spacial score (nSPS) is 10.8. The van der Waals surface area contributed by atoms with Gasteiger partial charge in [-0.25, -0.2) is 0 Å². The maximum absolute atomic E-state index is 10.2. The summed E-state index contributed by atoms with van der Waals surface area (Å²) in [7, 11) is 1.63. The minimum Gasteiger partial charge on any atom is -0.481 e. The number of hydrogen-bond acceptors (Lipinski definition) is 6. The van der Waals surface area contributed by atoms with E-state index < -0.39 is 5.97 Å². The summed E-state index contributed by atoms with van der Waals surface area (Å²) in [5, 5.41) is 8.41. The molecule has 0 spiro atoms. The van der Waals surface area contributed by atoms with Crippen molar-refractivity contribution >= 4 is 5.97 Å². The van der Waals surface area contributed by atoms with E-state index in [1.807, 2.05) is 0 Å². The lowest BCUT2D eigenvalue weighted by atomic mass is 10.3. The highest BCUT2D eigenvalue weighted by Crippen LogP contribution is 1.90. The number of methoxy groups -OCH3 is 1. The topological polar surface area (TPSA) is 83.5 Å². The van der Waals surface area contributed by atoms with Crippen molar-refractivity contribution in [3.8, 4) is 0 Å². The average Bonchev–Trinajstić information content (AvgIpc) is 2.43. The van der Waals surface area contributed by atoms with E-state index in [9.17, 15) is 4.79 Å². The van der Waals surface area contributed by atoms with Crippen LogP contribution in [0.1, 0.15) is 12.8 Å². The maximum Gasteiger partial charge on any atom is 0.303 e. The van der Waals surface area contributed by atoms with Crippen molar-refractivity contribution in [3.63, 3.8) is 0 Å². The molecule has 0 aliphatic rings. The first kappa shape index (κ1) is 19.3. The molecule has 0 amide bonds. The van der Waals surface area contributed by atoms with Gasteiger partial charge in [0, 0.05) is 20.1 Å². The zero-order valence-electron chi connectivity index (χ0n) is 12.2. The number of carbonyl (C=O) groups is 1. The highest BCUT2D eigenvalue weighted by atomic mass is 16.6. The van der Waals surface area contributed by atoms with Gasteiger partial charge < -0.3 is 28.8 Å². The summed E-state index contributed by atoms with van der Waals surface area (Å²) in [5.74, 6) is -0.798. The van der Waals surface area contributed by atoms with Crippen molar-refractivity contribution < 1.29 is 33.6 Å². The van der Waals surface area contributed by atoms with Gasteiger partial charge in [0.1, 0.15) is 0 Å². The Kier molecular flexibility index (Phi) is 15.7. The summed E-state index contributed by atoms with van der Waals surface area (Å²) in [6.45, 7) is 4.70. The number of carboxylic acid groups (broad SMARTS) is 1. The first-order valence-electron chi connectivity index (χ1n) is 6.79. The van der Waals surface area contributed by atoms with Crippen LogP contribution in [0, 0.1) is 0 Å². The third-order valence-corrected chi connectivity index (χ3v) is 2.23. The number of aliphatic carboxylic acids is 1. The molecule has 0 saturated heterocycles. The molecule has 120 valence electrons. The zero-order chi connectivity index (χ0) is 14.9. The summed E-state index contributed by atoms with van der Waals surface area (Å²) in [5.41, 5.74) is 0. The molecule has 0 radical (unpaired) electrons. The van der Waals surface area contributed by atoms with Crippen LogP contribution < -0.4 is 0 Å². The van der Waals surface area contributed by atoms with Crippen LogP contribution in [0.4, 0.5) is 0 Å². The van der Waals surface area contributed by atoms with Gasteiger partial charge in [-0.1, -0.05) is 0 Å². The smallest absolute Gasteiger partial charge is 0.303 e. The molecular weight excluding hydrogens is 268 g/mol. The van der Waals surface area contributed by atoms with E-state index in [0.717, 1.165) is 0 Å². The quantitative estimate of drug-likeness (QED) is 0.416. The van der Waals surface area contributed by atoms with Crippen LogP contribution in [-0.2, 0) is 28.5 Å². The van der Waals surface area contributed by atoms with E-state index in [2.05, 4.69) is 0 Å². The molecule has 0 aromatic heterocycles. The van der Waals surface area contributed by atoms with Gasteiger partial charge in [0.2, 0.25) is 0 Å². The number of carboxylic acids is 1. The van der Waals surface area contributed by atoms with Crippen LogP contribution in [0.3, 0.4) is 0 Å². The van der Waals surface area contributed by atoms with Gasteiger partial charge in [-0.2, -0.15) is 0 Å². The molecule has 0 bridgehead atoms. The predicted octanol–water partition coefficient (Wildman–Crippen LogP) is 0.564. The van der Waals surface area contributed by atoms with Crippen molar-refractivity contribution in [3.05, 3.63) is 0 Å². The van der Waals surface area contributed by atoms with Crippen molar-refractivity contribution in [1.82, 2.24) is 0 Å². The van der Waals surface area contributed by atoms with Gasteiger partial charge in [-0.15, -0.1) is 0 Å². The summed E-state index contributed by atoms with van der Waals surface area (Å²) in [6, 6.07) is 0. The predicted molar refractivity (Wildman–Crippen MR) is 72.0 cm³/mol. The molecule has 7 heteroatoms. The zero-order valence-corrected chi connectivity index (χ0v) is 12.2. The Morgan fingerprint density at radius 3 is 1.55 bits per heavy atom. The van der Waals surface area contributed by atoms with Crippen molar-refractivity contribution in [2.45, 2.75) is 12.8 Å². The van der Waals surface area contributed by atoms with Gasteiger partial charge in [0.05, 0.1) is 52.9 Å². The van der Waals surface area contributed by atoms with E-state index in [1.54, 1.807) is 7.11 Å². The Balaban J connectivity index is 2.94. The van der Waals surface area contributed by atoms with Crippen LogP contribution in [-0.4, -0.2) is 77.6 Å². The van der Waals surface area contributed by atoms with Gasteiger partial charge in [0.25, 0.3) is 0 Å². The SMILES string of the molecule is COCCOCCOCCOCCOCCCC(=O)O. The largest absolute Gasteiger partial charge is 0.481 e. The lowest BCUT2D eigenvalue weighted by molar-refractivity contribution is -0.137. The molecule has 0 heterocycles. The maximum atomic E-state index is 10.2. The minimum atomic E-state index is -0.798. The standard InChI is InChI=1S/C13H26O7/c1-16-5-6-18-9-10-20-12-11-19-8-7-17-4-2-3-13(14)15/h2-12H2,1H3,(H,14,15). The molecule has 1 N–H and O–H groups in total. The summed E-state index contributed by atoms with van der Waals surface area (Å²) >= 11 is 0. The molecule has 0 saturated carbocycles.